The third-order valence-electron chi connectivity index (χ3n) is 3.75. The molecule has 2 N–H and O–H groups in total. The Labute approximate surface area is 111 Å². The summed E-state index contributed by atoms with van der Waals surface area (Å²) in [6.45, 7) is 0. The number of methoxy groups -OCH3 is 1. The summed E-state index contributed by atoms with van der Waals surface area (Å²) < 4.78 is 10.4. The summed E-state index contributed by atoms with van der Waals surface area (Å²) in [5, 5.41) is 3.50. The standard InChI is InChI=1S/C14H18N2O3/c1-18-11-4-2-3-9(7-11)15-10-5-6-13-12(8-10)16-14(17)19-13/h5-6,8-9,11,15H,2-4,7H2,1H3,(H,16,17). The van der Waals surface area contributed by atoms with Gasteiger partial charge < -0.3 is 14.5 Å². The highest BCUT2D eigenvalue weighted by Gasteiger charge is 2.21. The average Bonchev–Trinajstić information content (AvgIpc) is 2.78. The topological polar surface area (TPSA) is 67.3 Å². The van der Waals surface area contributed by atoms with Crippen molar-refractivity contribution in [2.24, 2.45) is 0 Å². The van der Waals surface area contributed by atoms with Crippen LogP contribution < -0.4 is 11.1 Å². The number of fused-ring (bicyclic) bond motifs is 1. The predicted molar refractivity (Wildman–Crippen MR) is 73.5 cm³/mol. The van der Waals surface area contributed by atoms with Crippen LogP contribution in [0.2, 0.25) is 0 Å². The van der Waals surface area contributed by atoms with E-state index < -0.39 is 5.76 Å². The number of H-pyrrole nitrogens is 1. The molecule has 0 amide bonds. The molecular weight excluding hydrogens is 244 g/mol. The molecule has 0 bridgehead atoms. The molecule has 1 aliphatic rings. The molecule has 0 spiro atoms. The molecule has 1 saturated carbocycles. The quantitative estimate of drug-likeness (QED) is 0.891. The number of nitrogens with one attached hydrogen (secondary N) is 2. The van der Waals surface area contributed by atoms with E-state index in [-0.39, 0.29) is 0 Å². The van der Waals surface area contributed by atoms with Gasteiger partial charge in [-0.15, -0.1) is 0 Å². The third-order valence-corrected chi connectivity index (χ3v) is 3.75. The molecule has 0 aliphatic heterocycles. The minimum atomic E-state index is -0.413. The highest BCUT2D eigenvalue weighted by atomic mass is 16.5. The lowest BCUT2D eigenvalue weighted by Gasteiger charge is -2.29. The molecule has 1 aliphatic carbocycles. The van der Waals surface area contributed by atoms with Crippen molar-refractivity contribution < 1.29 is 9.15 Å². The molecule has 1 aromatic carbocycles. The van der Waals surface area contributed by atoms with Gasteiger partial charge in [0.05, 0.1) is 11.6 Å². The van der Waals surface area contributed by atoms with Crippen molar-refractivity contribution in [3.05, 3.63) is 28.7 Å². The van der Waals surface area contributed by atoms with E-state index in [1.165, 1.54) is 6.42 Å². The highest BCUT2D eigenvalue weighted by molar-refractivity contribution is 5.76. The number of rotatable bonds is 3. The van der Waals surface area contributed by atoms with Crippen LogP contribution in [0.1, 0.15) is 25.7 Å². The first kappa shape index (κ1) is 12.3. The monoisotopic (exact) mass is 262 g/mol. The van der Waals surface area contributed by atoms with Crippen LogP contribution in [0, 0.1) is 0 Å². The second-order valence-corrected chi connectivity index (χ2v) is 5.09. The Hall–Kier alpha value is -1.75. The van der Waals surface area contributed by atoms with Crippen LogP contribution in [0.15, 0.2) is 27.4 Å². The second kappa shape index (κ2) is 5.09. The van der Waals surface area contributed by atoms with Crippen LogP contribution in [0.5, 0.6) is 0 Å². The van der Waals surface area contributed by atoms with Gasteiger partial charge in [0, 0.05) is 18.8 Å². The lowest BCUT2D eigenvalue weighted by Crippen LogP contribution is -2.30. The minimum absolute atomic E-state index is 0.351. The van der Waals surface area contributed by atoms with Crippen LogP contribution in [-0.2, 0) is 4.74 Å². The zero-order chi connectivity index (χ0) is 13.2. The van der Waals surface area contributed by atoms with Gasteiger partial charge in [-0.2, -0.15) is 0 Å². The summed E-state index contributed by atoms with van der Waals surface area (Å²) in [7, 11) is 1.77. The Balaban J connectivity index is 1.75. The molecule has 2 atom stereocenters. The molecule has 1 heterocycles. The van der Waals surface area contributed by atoms with Gasteiger partial charge in [-0.25, -0.2) is 4.79 Å². The number of oxazole rings is 1. The molecule has 3 rings (SSSR count). The first-order chi connectivity index (χ1) is 9.24. The zero-order valence-electron chi connectivity index (χ0n) is 10.9. The summed E-state index contributed by atoms with van der Waals surface area (Å²) in [6, 6.07) is 6.09. The molecule has 102 valence electrons. The van der Waals surface area contributed by atoms with Gasteiger partial charge in [0.15, 0.2) is 5.58 Å². The van der Waals surface area contributed by atoms with Crippen molar-refractivity contribution in [2.45, 2.75) is 37.8 Å². The Morgan fingerprint density at radius 3 is 3.16 bits per heavy atom. The Bertz CT molecular complexity index is 616. The van der Waals surface area contributed by atoms with E-state index in [4.69, 9.17) is 9.15 Å². The summed E-state index contributed by atoms with van der Waals surface area (Å²) in [4.78, 5) is 13.8. The fourth-order valence-corrected chi connectivity index (χ4v) is 2.77. The Kier molecular flexibility index (Phi) is 3.29. The molecule has 2 aromatic rings. The second-order valence-electron chi connectivity index (χ2n) is 5.09. The molecule has 5 nitrogen and oxygen atoms in total. The van der Waals surface area contributed by atoms with Gasteiger partial charge in [0.25, 0.3) is 0 Å². The number of benzene rings is 1. The van der Waals surface area contributed by atoms with Gasteiger partial charge in [-0.3, -0.25) is 4.98 Å². The Morgan fingerprint density at radius 2 is 2.32 bits per heavy atom. The van der Waals surface area contributed by atoms with Crippen molar-refractivity contribution in [3.8, 4) is 0 Å². The number of anilines is 1. The number of ether oxygens (including phenoxy) is 1. The van der Waals surface area contributed by atoms with E-state index in [0.29, 0.717) is 17.7 Å². The van der Waals surface area contributed by atoms with Gasteiger partial charge in [0.2, 0.25) is 0 Å². The van der Waals surface area contributed by atoms with Gasteiger partial charge in [-0.05, 0) is 43.9 Å². The fourth-order valence-electron chi connectivity index (χ4n) is 2.77. The van der Waals surface area contributed by atoms with E-state index in [1.54, 1.807) is 7.11 Å². The molecular formula is C14H18N2O3. The van der Waals surface area contributed by atoms with Crippen LogP contribution in [0.25, 0.3) is 11.1 Å². The van der Waals surface area contributed by atoms with E-state index in [2.05, 4.69) is 10.3 Å². The van der Waals surface area contributed by atoms with Gasteiger partial charge in [0.1, 0.15) is 0 Å². The minimum Gasteiger partial charge on any atom is -0.408 e. The van der Waals surface area contributed by atoms with Gasteiger partial charge in [-0.1, -0.05) is 0 Å². The molecule has 19 heavy (non-hydrogen) atoms. The molecule has 0 radical (unpaired) electrons. The highest BCUT2D eigenvalue weighted by Crippen LogP contribution is 2.25. The number of hydrogen-bond donors (Lipinski definition) is 2. The van der Waals surface area contributed by atoms with Crippen molar-refractivity contribution in [1.82, 2.24) is 4.98 Å². The molecule has 0 saturated heterocycles. The third kappa shape index (κ3) is 2.66. The van der Waals surface area contributed by atoms with Crippen molar-refractivity contribution in [3.63, 3.8) is 0 Å². The first-order valence-corrected chi connectivity index (χ1v) is 6.67. The summed E-state index contributed by atoms with van der Waals surface area (Å²) >= 11 is 0. The molecule has 1 aromatic heterocycles. The maximum atomic E-state index is 11.1. The molecule has 2 unspecified atom stereocenters. The van der Waals surface area contributed by atoms with Crippen molar-refractivity contribution in [2.75, 3.05) is 12.4 Å². The largest absolute Gasteiger partial charge is 0.417 e. The molecule has 1 fully saturated rings. The number of aromatic amines is 1. The fraction of sp³-hybridized carbons (Fsp3) is 0.500. The summed E-state index contributed by atoms with van der Waals surface area (Å²) in [6.07, 6.45) is 4.85. The van der Waals surface area contributed by atoms with Crippen LogP contribution in [-0.4, -0.2) is 24.2 Å². The summed E-state index contributed by atoms with van der Waals surface area (Å²) in [5.74, 6) is -0.413. The van der Waals surface area contributed by atoms with Crippen LogP contribution >= 0.6 is 0 Å². The van der Waals surface area contributed by atoms with Crippen molar-refractivity contribution in [1.29, 1.82) is 0 Å². The number of aromatic nitrogens is 1. The van der Waals surface area contributed by atoms with E-state index in [9.17, 15) is 4.79 Å². The van der Waals surface area contributed by atoms with E-state index in [0.717, 1.165) is 30.5 Å². The SMILES string of the molecule is COC1CCCC(Nc2ccc3oc(=O)[nH]c3c2)C1. The predicted octanol–water partition coefficient (Wildman–Crippen LogP) is 2.49. The lowest BCUT2D eigenvalue weighted by molar-refractivity contribution is 0.0669. The number of hydrogen-bond acceptors (Lipinski definition) is 4. The van der Waals surface area contributed by atoms with Crippen LogP contribution in [0.3, 0.4) is 0 Å². The zero-order valence-corrected chi connectivity index (χ0v) is 10.9. The summed E-state index contributed by atoms with van der Waals surface area (Å²) in [5.41, 5.74) is 2.33. The Morgan fingerprint density at radius 1 is 1.42 bits per heavy atom. The first-order valence-electron chi connectivity index (χ1n) is 6.67. The maximum absolute atomic E-state index is 11.1. The van der Waals surface area contributed by atoms with E-state index in [1.807, 2.05) is 18.2 Å². The van der Waals surface area contributed by atoms with Gasteiger partial charge >= 0.3 is 5.76 Å². The lowest BCUT2D eigenvalue weighted by atomic mass is 9.92. The van der Waals surface area contributed by atoms with Crippen molar-refractivity contribution >= 4 is 16.8 Å². The average molecular weight is 262 g/mol. The normalized spacial score (nSPS) is 23.6. The van der Waals surface area contributed by atoms with Crippen LogP contribution in [0.4, 0.5) is 5.69 Å². The maximum Gasteiger partial charge on any atom is 0.417 e. The van der Waals surface area contributed by atoms with E-state index >= 15 is 0 Å². The molecule has 5 heteroatoms. The smallest absolute Gasteiger partial charge is 0.408 e.